The van der Waals surface area contributed by atoms with Crippen molar-refractivity contribution in [3.63, 3.8) is 0 Å². The van der Waals surface area contributed by atoms with Gasteiger partial charge in [-0.05, 0) is 39.0 Å². The van der Waals surface area contributed by atoms with Gasteiger partial charge in [0.05, 0.1) is 5.56 Å². The summed E-state index contributed by atoms with van der Waals surface area (Å²) in [6.07, 6.45) is 7.97. The topological polar surface area (TPSA) is 102 Å². The summed E-state index contributed by atoms with van der Waals surface area (Å²) < 4.78 is 2.02. The second kappa shape index (κ2) is 8.95. The zero-order valence-electron chi connectivity index (χ0n) is 18.7. The van der Waals surface area contributed by atoms with E-state index >= 15 is 0 Å². The van der Waals surface area contributed by atoms with Crippen LogP contribution < -0.4 is 5.32 Å². The summed E-state index contributed by atoms with van der Waals surface area (Å²) in [7, 11) is 0. The van der Waals surface area contributed by atoms with E-state index in [-0.39, 0.29) is 11.9 Å². The molecule has 3 aromatic rings. The maximum atomic E-state index is 13.2. The number of hydrogen-bond donors (Lipinski definition) is 1. The normalized spacial score (nSPS) is 17.7. The lowest BCUT2D eigenvalue weighted by atomic mass is 9.99. The van der Waals surface area contributed by atoms with Crippen LogP contribution in [0.1, 0.15) is 45.9 Å². The Labute approximate surface area is 182 Å². The molecule has 1 N–H and O–H groups in total. The molecule has 9 nitrogen and oxygen atoms in total. The lowest BCUT2D eigenvalue weighted by Crippen LogP contribution is -2.47. The van der Waals surface area contributed by atoms with Crippen molar-refractivity contribution in [2.24, 2.45) is 5.92 Å². The van der Waals surface area contributed by atoms with Gasteiger partial charge in [-0.1, -0.05) is 13.8 Å². The van der Waals surface area contributed by atoms with Gasteiger partial charge in [-0.25, -0.2) is 24.9 Å². The Hall–Kier alpha value is -3.10. The summed E-state index contributed by atoms with van der Waals surface area (Å²) in [5.74, 6) is 2.70. The van der Waals surface area contributed by atoms with E-state index in [1.54, 1.807) is 12.4 Å². The second-order valence-corrected chi connectivity index (χ2v) is 8.23. The van der Waals surface area contributed by atoms with Gasteiger partial charge in [0.2, 0.25) is 5.91 Å². The van der Waals surface area contributed by atoms with E-state index < -0.39 is 0 Å². The highest BCUT2D eigenvalue weighted by molar-refractivity contribution is 5.90. The van der Waals surface area contributed by atoms with Crippen molar-refractivity contribution < 1.29 is 4.79 Å². The average Bonchev–Trinajstić information content (AvgIpc) is 3.17. The molecule has 0 radical (unpaired) electrons. The van der Waals surface area contributed by atoms with Crippen molar-refractivity contribution in [1.82, 2.24) is 34.4 Å². The lowest BCUT2D eigenvalue weighted by molar-refractivity contribution is -0.133. The van der Waals surface area contributed by atoms with E-state index in [0.717, 1.165) is 36.5 Å². The number of likely N-dealkylation sites (tertiary alicyclic amines) is 1. The van der Waals surface area contributed by atoms with E-state index in [1.807, 2.05) is 30.2 Å². The van der Waals surface area contributed by atoms with Gasteiger partial charge in [0.15, 0.2) is 17.0 Å². The zero-order chi connectivity index (χ0) is 22.0. The van der Waals surface area contributed by atoms with Crippen molar-refractivity contribution in [2.45, 2.75) is 59.5 Å². The molecule has 1 aliphatic heterocycles. The number of aryl methyl sites for hydroxylation is 2. The van der Waals surface area contributed by atoms with Gasteiger partial charge in [0, 0.05) is 32.0 Å². The quantitative estimate of drug-likeness (QED) is 0.651. The first-order valence-corrected chi connectivity index (χ1v) is 11.1. The predicted octanol–water partition coefficient (Wildman–Crippen LogP) is 3.06. The molecule has 1 aliphatic rings. The van der Waals surface area contributed by atoms with Crippen molar-refractivity contribution >= 4 is 22.9 Å². The number of carbonyl (C=O) groups excluding carboxylic acids is 1. The molecule has 0 aromatic carbocycles. The highest BCUT2D eigenvalue weighted by Gasteiger charge is 2.28. The maximum Gasteiger partial charge on any atom is 0.245 e. The average molecular weight is 423 g/mol. The summed E-state index contributed by atoms with van der Waals surface area (Å²) in [5, 5.41) is 3.36. The number of carbonyl (C=O) groups is 1. The number of rotatable bonds is 6. The molecule has 0 saturated carbocycles. The smallest absolute Gasteiger partial charge is 0.245 e. The van der Waals surface area contributed by atoms with E-state index in [2.05, 4.69) is 32.2 Å². The molecule has 0 bridgehead atoms. The minimum atomic E-state index is -0.346. The minimum absolute atomic E-state index is 0.128. The Bertz CT molecular complexity index is 1060. The number of fused-ring (bicyclic) bond motifs is 1. The number of piperidine rings is 1. The molecule has 0 unspecified atom stereocenters. The number of amides is 1. The fourth-order valence-corrected chi connectivity index (χ4v) is 4.18. The molecule has 1 fully saturated rings. The van der Waals surface area contributed by atoms with Crippen LogP contribution in [0, 0.1) is 12.8 Å². The number of aromatic nitrogens is 6. The molecule has 1 amide bonds. The fourth-order valence-electron chi connectivity index (χ4n) is 4.18. The monoisotopic (exact) mass is 422 g/mol. The molecular weight excluding hydrogens is 392 g/mol. The van der Waals surface area contributed by atoms with Crippen molar-refractivity contribution in [3.8, 4) is 11.4 Å². The lowest BCUT2D eigenvalue weighted by Gasteiger charge is -2.33. The third-order valence-corrected chi connectivity index (χ3v) is 5.87. The van der Waals surface area contributed by atoms with Gasteiger partial charge in [-0.2, -0.15) is 0 Å². The van der Waals surface area contributed by atoms with Gasteiger partial charge in [0.1, 0.15) is 24.0 Å². The second-order valence-electron chi connectivity index (χ2n) is 8.23. The SMILES string of the molecule is CC[C@@H](Nc1ncnc2c1nc(-c1cnc(C)nc1)n2CC)C(=O)N1CCC[C@@H](C)C1. The standard InChI is InChI=1S/C22H30N8O/c1-5-17(22(31)29-9-7-8-14(3)12-29)27-19-18-21(26-13-25-19)30(6-2)20(28-18)16-10-23-15(4)24-11-16/h10-11,13-14,17H,5-9,12H2,1-4H3,(H,25,26,27)/t14-,17-/m1/s1. The van der Waals surface area contributed by atoms with E-state index in [4.69, 9.17) is 4.98 Å². The third kappa shape index (κ3) is 4.22. The minimum Gasteiger partial charge on any atom is -0.356 e. The van der Waals surface area contributed by atoms with Crippen LogP contribution in [-0.2, 0) is 11.3 Å². The van der Waals surface area contributed by atoms with Crippen molar-refractivity contribution in [3.05, 3.63) is 24.5 Å². The molecule has 4 heterocycles. The van der Waals surface area contributed by atoms with Crippen LogP contribution in [0.3, 0.4) is 0 Å². The van der Waals surface area contributed by atoms with Gasteiger partial charge < -0.3 is 14.8 Å². The van der Waals surface area contributed by atoms with Crippen LogP contribution in [0.2, 0.25) is 0 Å². The summed E-state index contributed by atoms with van der Waals surface area (Å²) >= 11 is 0. The molecule has 3 aromatic heterocycles. The Morgan fingerprint density at radius 2 is 2.00 bits per heavy atom. The number of nitrogens with zero attached hydrogens (tertiary/aromatic N) is 7. The van der Waals surface area contributed by atoms with Crippen LogP contribution in [0.15, 0.2) is 18.7 Å². The molecule has 0 aliphatic carbocycles. The molecule has 4 rings (SSSR count). The van der Waals surface area contributed by atoms with Crippen molar-refractivity contribution in [1.29, 1.82) is 0 Å². The van der Waals surface area contributed by atoms with Gasteiger partial charge in [-0.3, -0.25) is 4.79 Å². The number of anilines is 1. The Morgan fingerprint density at radius 1 is 1.23 bits per heavy atom. The summed E-state index contributed by atoms with van der Waals surface area (Å²) in [5.41, 5.74) is 2.20. The van der Waals surface area contributed by atoms with Gasteiger partial charge in [-0.15, -0.1) is 0 Å². The van der Waals surface area contributed by atoms with E-state index in [1.165, 1.54) is 12.7 Å². The molecule has 9 heteroatoms. The third-order valence-electron chi connectivity index (χ3n) is 5.87. The van der Waals surface area contributed by atoms with Crippen LogP contribution in [0.5, 0.6) is 0 Å². The summed E-state index contributed by atoms with van der Waals surface area (Å²) in [4.78, 5) is 37.5. The summed E-state index contributed by atoms with van der Waals surface area (Å²) in [6, 6.07) is -0.346. The highest BCUT2D eigenvalue weighted by Crippen LogP contribution is 2.27. The molecule has 164 valence electrons. The fraction of sp³-hybridized carbons (Fsp3) is 0.545. The molecule has 1 saturated heterocycles. The Morgan fingerprint density at radius 3 is 2.68 bits per heavy atom. The number of hydrogen-bond acceptors (Lipinski definition) is 7. The molecular formula is C22H30N8O. The molecule has 0 spiro atoms. The first kappa shape index (κ1) is 21.1. The Kier molecular flexibility index (Phi) is 6.11. The van der Waals surface area contributed by atoms with Gasteiger partial charge >= 0.3 is 0 Å². The predicted molar refractivity (Wildman–Crippen MR) is 119 cm³/mol. The zero-order valence-corrected chi connectivity index (χ0v) is 18.7. The van der Waals surface area contributed by atoms with E-state index in [9.17, 15) is 4.79 Å². The van der Waals surface area contributed by atoms with Crippen LogP contribution in [0.25, 0.3) is 22.6 Å². The number of nitrogens with one attached hydrogen (secondary N) is 1. The first-order valence-electron chi connectivity index (χ1n) is 11.1. The first-order chi connectivity index (χ1) is 15.0. The van der Waals surface area contributed by atoms with Crippen LogP contribution >= 0.6 is 0 Å². The number of imidazole rings is 1. The molecule has 2 atom stereocenters. The maximum absolute atomic E-state index is 13.2. The van der Waals surface area contributed by atoms with Crippen molar-refractivity contribution in [2.75, 3.05) is 18.4 Å². The molecule has 31 heavy (non-hydrogen) atoms. The van der Waals surface area contributed by atoms with E-state index in [0.29, 0.717) is 36.0 Å². The van der Waals surface area contributed by atoms with Crippen LogP contribution in [-0.4, -0.2) is 59.4 Å². The van der Waals surface area contributed by atoms with Crippen LogP contribution in [0.4, 0.5) is 5.82 Å². The van der Waals surface area contributed by atoms with Gasteiger partial charge in [0.25, 0.3) is 0 Å². The summed E-state index contributed by atoms with van der Waals surface area (Å²) in [6.45, 7) is 10.4. The Balaban J connectivity index is 1.67. The highest BCUT2D eigenvalue weighted by atomic mass is 16.2. The largest absolute Gasteiger partial charge is 0.356 e.